The summed E-state index contributed by atoms with van der Waals surface area (Å²) in [6.07, 6.45) is 5.27. The fourth-order valence-corrected chi connectivity index (χ4v) is 5.44. The van der Waals surface area contributed by atoms with Gasteiger partial charge in [0.25, 0.3) is 0 Å². The number of carbonyl (C=O) groups excluding carboxylic acids is 1. The molecule has 7 heteroatoms. The van der Waals surface area contributed by atoms with Crippen molar-refractivity contribution in [3.8, 4) is 5.75 Å². The first kappa shape index (κ1) is 25.5. The van der Waals surface area contributed by atoms with E-state index in [1.165, 1.54) is 18.2 Å². The van der Waals surface area contributed by atoms with Crippen LogP contribution in [-0.4, -0.2) is 31.9 Å². The van der Waals surface area contributed by atoms with Crippen LogP contribution in [0.25, 0.3) is 0 Å². The number of carbonyl (C=O) groups is 1. The number of esters is 1. The minimum absolute atomic E-state index is 0.0168. The molecule has 2 aliphatic rings. The van der Waals surface area contributed by atoms with E-state index in [0.717, 1.165) is 25.7 Å². The fourth-order valence-electron chi connectivity index (χ4n) is 5.44. The molecule has 0 amide bonds. The monoisotopic (exact) mass is 490 g/mol. The van der Waals surface area contributed by atoms with Crippen LogP contribution in [0.5, 0.6) is 5.75 Å². The lowest BCUT2D eigenvalue weighted by atomic mass is 9.79. The highest BCUT2D eigenvalue weighted by molar-refractivity contribution is 5.90. The summed E-state index contributed by atoms with van der Waals surface area (Å²) < 4.78 is 60.5. The average molecular weight is 491 g/mol. The van der Waals surface area contributed by atoms with E-state index in [0.29, 0.717) is 49.2 Å². The molecule has 2 fully saturated rings. The molecule has 4 nitrogen and oxygen atoms in total. The summed E-state index contributed by atoms with van der Waals surface area (Å²) in [6, 6.07) is 7.52. The predicted molar refractivity (Wildman–Crippen MR) is 126 cm³/mol. The molecule has 0 unspecified atom stereocenters. The van der Waals surface area contributed by atoms with Crippen LogP contribution in [0.1, 0.15) is 91.6 Å². The third kappa shape index (κ3) is 5.83. The molecule has 0 bridgehead atoms. The normalized spacial score (nSPS) is 24.7. The van der Waals surface area contributed by atoms with E-state index >= 15 is 8.78 Å². The highest BCUT2D eigenvalue weighted by Gasteiger charge is 2.31. The second-order valence-corrected chi connectivity index (χ2v) is 9.53. The largest absolute Gasteiger partial charge is 0.494 e. The number of rotatable bonds is 7. The third-order valence-electron chi connectivity index (χ3n) is 7.45. The summed E-state index contributed by atoms with van der Waals surface area (Å²) in [4.78, 5) is 12.5. The maximum atomic E-state index is 15.1. The Morgan fingerprint density at radius 1 is 0.829 bits per heavy atom. The molecular formula is C28H33F3O4. The minimum atomic E-state index is -0.756. The summed E-state index contributed by atoms with van der Waals surface area (Å²) in [5.41, 5.74) is 0.707. The molecule has 0 aliphatic heterocycles. The van der Waals surface area contributed by atoms with E-state index in [2.05, 4.69) is 0 Å². The minimum Gasteiger partial charge on any atom is -0.494 e. The topological polar surface area (TPSA) is 44.8 Å². The zero-order chi connectivity index (χ0) is 24.9. The number of benzene rings is 2. The quantitative estimate of drug-likeness (QED) is 0.390. The Morgan fingerprint density at radius 3 is 1.86 bits per heavy atom. The molecule has 190 valence electrons. The van der Waals surface area contributed by atoms with Crippen LogP contribution in [-0.2, 0) is 9.47 Å². The van der Waals surface area contributed by atoms with Crippen LogP contribution in [0.2, 0.25) is 0 Å². The summed E-state index contributed by atoms with van der Waals surface area (Å²) in [5.74, 6) is -2.68. The van der Waals surface area contributed by atoms with Gasteiger partial charge >= 0.3 is 5.97 Å². The number of hydrogen-bond donors (Lipinski definition) is 0. The van der Waals surface area contributed by atoms with Gasteiger partial charge in [-0.1, -0.05) is 12.1 Å². The average Bonchev–Trinajstić information content (AvgIpc) is 2.86. The van der Waals surface area contributed by atoms with E-state index in [9.17, 15) is 9.18 Å². The molecule has 0 aromatic heterocycles. The first-order valence-corrected chi connectivity index (χ1v) is 12.5. The van der Waals surface area contributed by atoms with Crippen LogP contribution in [0.3, 0.4) is 0 Å². The Balaban J connectivity index is 1.35. The van der Waals surface area contributed by atoms with Gasteiger partial charge < -0.3 is 14.2 Å². The molecule has 0 N–H and O–H groups in total. The Morgan fingerprint density at radius 2 is 1.37 bits per heavy atom. The lowest BCUT2D eigenvalue weighted by molar-refractivity contribution is 0.0189. The highest BCUT2D eigenvalue weighted by Crippen LogP contribution is 2.40. The Kier molecular flexibility index (Phi) is 8.37. The molecule has 0 radical (unpaired) electrons. The van der Waals surface area contributed by atoms with Crippen LogP contribution in [0.15, 0.2) is 30.3 Å². The second kappa shape index (κ2) is 11.5. The number of hydrogen-bond acceptors (Lipinski definition) is 4. The number of ether oxygens (including phenoxy) is 3. The van der Waals surface area contributed by atoms with E-state index in [4.69, 9.17) is 14.2 Å². The van der Waals surface area contributed by atoms with Crippen molar-refractivity contribution in [2.75, 3.05) is 13.7 Å². The summed E-state index contributed by atoms with van der Waals surface area (Å²) >= 11 is 0. The van der Waals surface area contributed by atoms with Crippen LogP contribution >= 0.6 is 0 Å². The molecule has 4 rings (SSSR count). The smallest absolute Gasteiger partial charge is 0.341 e. The molecule has 0 atom stereocenters. The van der Waals surface area contributed by atoms with Crippen LogP contribution < -0.4 is 4.74 Å². The SMILES string of the molecule is CCOc1ccc(C(=O)OC2CCC(c3ccc(C4CCC(OC)CC4)c(F)c3F)CC2)c(F)c1. The molecule has 0 saturated heterocycles. The van der Waals surface area contributed by atoms with Gasteiger partial charge in [-0.3, -0.25) is 0 Å². The van der Waals surface area contributed by atoms with Crippen molar-refractivity contribution in [2.24, 2.45) is 0 Å². The van der Waals surface area contributed by atoms with Crippen molar-refractivity contribution in [3.63, 3.8) is 0 Å². The lowest BCUT2D eigenvalue weighted by Crippen LogP contribution is -2.25. The Bertz CT molecular complexity index is 1030. The van der Waals surface area contributed by atoms with Crippen molar-refractivity contribution in [1.29, 1.82) is 0 Å². The molecular weight excluding hydrogens is 457 g/mol. The molecule has 2 saturated carbocycles. The summed E-state index contributed by atoms with van der Waals surface area (Å²) in [7, 11) is 1.69. The first-order chi connectivity index (χ1) is 16.9. The van der Waals surface area contributed by atoms with Crippen LogP contribution in [0.4, 0.5) is 13.2 Å². The van der Waals surface area contributed by atoms with E-state index in [-0.39, 0.29) is 29.6 Å². The van der Waals surface area contributed by atoms with E-state index in [1.54, 1.807) is 26.2 Å². The molecule has 2 aliphatic carbocycles. The number of methoxy groups -OCH3 is 1. The van der Waals surface area contributed by atoms with Gasteiger partial charge in [0.05, 0.1) is 18.3 Å². The fraction of sp³-hybridized carbons (Fsp3) is 0.536. The first-order valence-electron chi connectivity index (χ1n) is 12.5. The van der Waals surface area contributed by atoms with Gasteiger partial charge in [-0.05, 0) is 93.4 Å². The molecule has 2 aromatic carbocycles. The van der Waals surface area contributed by atoms with Crippen molar-refractivity contribution in [2.45, 2.75) is 82.3 Å². The van der Waals surface area contributed by atoms with Gasteiger partial charge in [-0.25, -0.2) is 18.0 Å². The molecule has 0 spiro atoms. The van der Waals surface area contributed by atoms with Crippen LogP contribution in [0, 0.1) is 17.5 Å². The number of halogens is 3. The van der Waals surface area contributed by atoms with E-state index in [1.807, 2.05) is 0 Å². The maximum Gasteiger partial charge on any atom is 0.341 e. The maximum absolute atomic E-state index is 15.1. The third-order valence-corrected chi connectivity index (χ3v) is 7.45. The second-order valence-electron chi connectivity index (χ2n) is 9.53. The van der Waals surface area contributed by atoms with Gasteiger partial charge in [-0.2, -0.15) is 0 Å². The van der Waals surface area contributed by atoms with Crippen molar-refractivity contribution in [3.05, 3.63) is 64.5 Å². The summed E-state index contributed by atoms with van der Waals surface area (Å²) in [5, 5.41) is 0. The molecule has 2 aromatic rings. The van der Waals surface area contributed by atoms with Gasteiger partial charge in [0, 0.05) is 13.2 Å². The van der Waals surface area contributed by atoms with Crippen molar-refractivity contribution < 1.29 is 32.2 Å². The Hall–Kier alpha value is -2.54. The summed E-state index contributed by atoms with van der Waals surface area (Å²) in [6.45, 7) is 2.19. The Labute approximate surface area is 204 Å². The predicted octanol–water partition coefficient (Wildman–Crippen LogP) is 7.06. The van der Waals surface area contributed by atoms with Gasteiger partial charge in [0.15, 0.2) is 11.6 Å². The van der Waals surface area contributed by atoms with Gasteiger partial charge in [0.1, 0.15) is 17.7 Å². The van der Waals surface area contributed by atoms with Crippen molar-refractivity contribution in [1.82, 2.24) is 0 Å². The lowest BCUT2D eigenvalue weighted by Gasteiger charge is -2.30. The van der Waals surface area contributed by atoms with Crippen molar-refractivity contribution >= 4 is 5.97 Å². The molecule has 0 heterocycles. The highest BCUT2D eigenvalue weighted by atomic mass is 19.2. The van der Waals surface area contributed by atoms with Gasteiger partial charge in [0.2, 0.25) is 0 Å². The standard InChI is InChI=1S/C28H33F3O4/c1-3-34-21-12-13-24(25(29)16-21)28(32)35-20-10-6-18(7-11-20)23-15-14-22(26(30)27(23)31)17-4-8-19(33-2)9-5-17/h12-20H,3-11H2,1-2H3. The zero-order valence-corrected chi connectivity index (χ0v) is 20.3. The zero-order valence-electron chi connectivity index (χ0n) is 20.3. The molecule has 35 heavy (non-hydrogen) atoms. The van der Waals surface area contributed by atoms with E-state index < -0.39 is 23.4 Å². The van der Waals surface area contributed by atoms with Gasteiger partial charge in [-0.15, -0.1) is 0 Å².